The van der Waals surface area contributed by atoms with Crippen LogP contribution in [0.25, 0.3) is 0 Å². The summed E-state index contributed by atoms with van der Waals surface area (Å²) >= 11 is 0. The Hall–Kier alpha value is -1.35. The van der Waals surface area contributed by atoms with E-state index in [1.165, 1.54) is 11.1 Å². The fourth-order valence-corrected chi connectivity index (χ4v) is 2.73. The normalized spacial score (nSPS) is 17.9. The lowest BCUT2D eigenvalue weighted by Crippen LogP contribution is -2.33. The molecular weight excluding hydrogens is 224 g/mol. The maximum atomic E-state index is 11.6. The van der Waals surface area contributed by atoms with Crippen molar-refractivity contribution in [3.8, 4) is 0 Å². The predicted octanol–water partition coefficient (Wildman–Crippen LogP) is 2.14. The van der Waals surface area contributed by atoms with Gasteiger partial charge in [-0.15, -0.1) is 0 Å². The van der Waals surface area contributed by atoms with Gasteiger partial charge < -0.3 is 10.2 Å². The lowest BCUT2D eigenvalue weighted by atomic mass is 10.0. The second-order valence-electron chi connectivity index (χ2n) is 5.01. The largest absolute Gasteiger partial charge is 0.317 e. The SMILES string of the molecule is CCNCCc1ccc2c(c1)CC(C)N2C(C)=O. The standard InChI is InChI=1S/C15H22N2O/c1-4-16-8-7-13-5-6-15-14(10-13)9-11(2)17(15)12(3)18/h5-6,10-11,16H,4,7-9H2,1-3H3. The number of nitrogens with zero attached hydrogens (tertiary/aromatic N) is 1. The van der Waals surface area contributed by atoms with Crippen LogP contribution in [0.1, 0.15) is 31.9 Å². The molecule has 1 unspecified atom stereocenters. The van der Waals surface area contributed by atoms with E-state index in [4.69, 9.17) is 0 Å². The van der Waals surface area contributed by atoms with Crippen molar-refractivity contribution < 1.29 is 4.79 Å². The summed E-state index contributed by atoms with van der Waals surface area (Å²) in [6.45, 7) is 7.90. The van der Waals surface area contributed by atoms with Crippen molar-refractivity contribution in [3.63, 3.8) is 0 Å². The minimum atomic E-state index is 0.140. The molecule has 0 saturated carbocycles. The molecule has 1 aliphatic heterocycles. The Morgan fingerprint density at radius 3 is 2.94 bits per heavy atom. The Kier molecular flexibility index (Phi) is 4.02. The maximum Gasteiger partial charge on any atom is 0.224 e. The fraction of sp³-hybridized carbons (Fsp3) is 0.533. The third-order valence-electron chi connectivity index (χ3n) is 3.54. The first-order chi connectivity index (χ1) is 8.63. The van der Waals surface area contributed by atoms with Crippen LogP contribution in [0.2, 0.25) is 0 Å². The number of amides is 1. The second-order valence-corrected chi connectivity index (χ2v) is 5.01. The fourth-order valence-electron chi connectivity index (χ4n) is 2.73. The highest BCUT2D eigenvalue weighted by Crippen LogP contribution is 2.32. The van der Waals surface area contributed by atoms with E-state index in [0.717, 1.165) is 31.6 Å². The molecule has 0 aliphatic carbocycles. The molecule has 1 atom stereocenters. The van der Waals surface area contributed by atoms with Gasteiger partial charge in [0.2, 0.25) is 5.91 Å². The summed E-state index contributed by atoms with van der Waals surface area (Å²) < 4.78 is 0. The van der Waals surface area contributed by atoms with E-state index in [1.54, 1.807) is 6.92 Å². The molecule has 0 fully saturated rings. The maximum absolute atomic E-state index is 11.6. The van der Waals surface area contributed by atoms with Crippen molar-refractivity contribution in [1.29, 1.82) is 0 Å². The van der Waals surface area contributed by atoms with Gasteiger partial charge in [-0.2, -0.15) is 0 Å². The number of rotatable bonds is 4. The molecule has 0 saturated heterocycles. The van der Waals surface area contributed by atoms with Crippen molar-refractivity contribution in [2.24, 2.45) is 0 Å². The molecule has 3 nitrogen and oxygen atoms in total. The molecule has 0 radical (unpaired) electrons. The van der Waals surface area contributed by atoms with Crippen molar-refractivity contribution in [2.75, 3.05) is 18.0 Å². The Labute approximate surface area is 109 Å². The average molecular weight is 246 g/mol. The van der Waals surface area contributed by atoms with Crippen molar-refractivity contribution >= 4 is 11.6 Å². The first-order valence-corrected chi connectivity index (χ1v) is 6.75. The zero-order valence-electron chi connectivity index (χ0n) is 11.5. The molecule has 0 spiro atoms. The summed E-state index contributed by atoms with van der Waals surface area (Å²) in [5.41, 5.74) is 3.77. The van der Waals surface area contributed by atoms with E-state index in [2.05, 4.69) is 37.4 Å². The summed E-state index contributed by atoms with van der Waals surface area (Å²) in [7, 11) is 0. The van der Waals surface area contributed by atoms with Crippen LogP contribution in [0.4, 0.5) is 5.69 Å². The number of hydrogen-bond donors (Lipinski definition) is 1. The Morgan fingerprint density at radius 2 is 2.28 bits per heavy atom. The van der Waals surface area contributed by atoms with E-state index in [1.807, 2.05) is 4.90 Å². The second kappa shape index (κ2) is 5.53. The highest BCUT2D eigenvalue weighted by atomic mass is 16.2. The van der Waals surface area contributed by atoms with Crippen LogP contribution in [0.3, 0.4) is 0 Å². The molecule has 98 valence electrons. The molecule has 0 bridgehead atoms. The molecular formula is C15H22N2O. The molecule has 2 rings (SSSR count). The third-order valence-corrected chi connectivity index (χ3v) is 3.54. The van der Waals surface area contributed by atoms with Gasteiger partial charge in [-0.05, 0) is 50.0 Å². The number of carbonyl (C=O) groups excluding carboxylic acids is 1. The molecule has 1 aliphatic rings. The van der Waals surface area contributed by atoms with Gasteiger partial charge in [0, 0.05) is 18.7 Å². The quantitative estimate of drug-likeness (QED) is 0.826. The Balaban J connectivity index is 2.15. The topological polar surface area (TPSA) is 32.3 Å². The molecule has 1 N–H and O–H groups in total. The molecule has 0 aromatic heterocycles. The van der Waals surface area contributed by atoms with Gasteiger partial charge in [0.1, 0.15) is 0 Å². The van der Waals surface area contributed by atoms with E-state index < -0.39 is 0 Å². The number of hydrogen-bond acceptors (Lipinski definition) is 2. The van der Waals surface area contributed by atoms with Crippen LogP contribution in [0, 0.1) is 0 Å². The minimum absolute atomic E-state index is 0.140. The number of anilines is 1. The zero-order valence-corrected chi connectivity index (χ0v) is 11.5. The lowest BCUT2D eigenvalue weighted by Gasteiger charge is -2.20. The summed E-state index contributed by atoms with van der Waals surface area (Å²) in [5.74, 6) is 0.140. The summed E-state index contributed by atoms with van der Waals surface area (Å²) in [6.07, 6.45) is 2.03. The highest BCUT2D eigenvalue weighted by molar-refractivity contribution is 5.94. The highest BCUT2D eigenvalue weighted by Gasteiger charge is 2.28. The van der Waals surface area contributed by atoms with Crippen LogP contribution in [-0.2, 0) is 17.6 Å². The van der Waals surface area contributed by atoms with Gasteiger partial charge in [-0.3, -0.25) is 4.79 Å². The summed E-state index contributed by atoms with van der Waals surface area (Å²) in [4.78, 5) is 13.5. The van der Waals surface area contributed by atoms with Crippen LogP contribution in [-0.4, -0.2) is 25.0 Å². The Morgan fingerprint density at radius 1 is 1.50 bits per heavy atom. The van der Waals surface area contributed by atoms with Crippen molar-refractivity contribution in [2.45, 2.75) is 39.7 Å². The van der Waals surface area contributed by atoms with Gasteiger partial charge in [0.25, 0.3) is 0 Å². The van der Waals surface area contributed by atoms with Gasteiger partial charge in [-0.1, -0.05) is 19.1 Å². The zero-order chi connectivity index (χ0) is 13.1. The number of fused-ring (bicyclic) bond motifs is 1. The predicted molar refractivity (Wildman–Crippen MR) is 75.0 cm³/mol. The smallest absolute Gasteiger partial charge is 0.224 e. The molecule has 18 heavy (non-hydrogen) atoms. The van der Waals surface area contributed by atoms with Gasteiger partial charge in [0.05, 0.1) is 0 Å². The first-order valence-electron chi connectivity index (χ1n) is 6.75. The van der Waals surface area contributed by atoms with Crippen LogP contribution < -0.4 is 10.2 Å². The molecule has 1 amide bonds. The van der Waals surface area contributed by atoms with Crippen molar-refractivity contribution in [3.05, 3.63) is 29.3 Å². The van der Waals surface area contributed by atoms with Crippen LogP contribution in [0.15, 0.2) is 18.2 Å². The van der Waals surface area contributed by atoms with Crippen LogP contribution >= 0.6 is 0 Å². The molecule has 1 heterocycles. The number of likely N-dealkylation sites (N-methyl/N-ethyl adjacent to an activating group) is 1. The van der Waals surface area contributed by atoms with E-state index in [0.29, 0.717) is 6.04 Å². The number of benzene rings is 1. The van der Waals surface area contributed by atoms with E-state index in [9.17, 15) is 4.79 Å². The summed E-state index contributed by atoms with van der Waals surface area (Å²) in [6, 6.07) is 6.79. The monoisotopic (exact) mass is 246 g/mol. The minimum Gasteiger partial charge on any atom is -0.317 e. The van der Waals surface area contributed by atoms with Crippen LogP contribution in [0.5, 0.6) is 0 Å². The number of nitrogens with one attached hydrogen (secondary N) is 1. The van der Waals surface area contributed by atoms with Gasteiger partial charge in [-0.25, -0.2) is 0 Å². The average Bonchev–Trinajstić information content (AvgIpc) is 2.64. The molecule has 3 heteroatoms. The van der Waals surface area contributed by atoms with E-state index >= 15 is 0 Å². The number of carbonyl (C=O) groups is 1. The summed E-state index contributed by atoms with van der Waals surface area (Å²) in [5, 5.41) is 3.34. The van der Waals surface area contributed by atoms with Gasteiger partial charge >= 0.3 is 0 Å². The van der Waals surface area contributed by atoms with Crippen molar-refractivity contribution in [1.82, 2.24) is 5.32 Å². The molecule has 1 aromatic carbocycles. The van der Waals surface area contributed by atoms with Gasteiger partial charge in [0.15, 0.2) is 0 Å². The third kappa shape index (κ3) is 2.56. The molecule has 1 aromatic rings. The Bertz CT molecular complexity index is 442. The van der Waals surface area contributed by atoms with E-state index in [-0.39, 0.29) is 5.91 Å². The first kappa shape index (κ1) is 13.1. The lowest BCUT2D eigenvalue weighted by molar-refractivity contribution is -0.116.